The fourth-order valence-electron chi connectivity index (χ4n) is 4.75. The summed E-state index contributed by atoms with van der Waals surface area (Å²) in [5.41, 5.74) is 1.62. The van der Waals surface area contributed by atoms with Gasteiger partial charge in [-0.25, -0.2) is 0 Å². The van der Waals surface area contributed by atoms with Gasteiger partial charge in [0.15, 0.2) is 0 Å². The molecule has 4 rings (SSSR count). The molecule has 2 aromatic carbocycles. The third kappa shape index (κ3) is 4.16. The first kappa shape index (κ1) is 20.3. The molecular weight excluding hydrogens is 382 g/mol. The van der Waals surface area contributed by atoms with Crippen LogP contribution >= 0.6 is 0 Å². The lowest BCUT2D eigenvalue weighted by molar-refractivity contribution is -0.384. The van der Waals surface area contributed by atoms with E-state index in [1.54, 1.807) is 19.2 Å². The highest BCUT2D eigenvalue weighted by Crippen LogP contribution is 2.38. The predicted molar refractivity (Wildman–Crippen MR) is 114 cm³/mol. The summed E-state index contributed by atoms with van der Waals surface area (Å²) in [5.74, 6) is 1.30. The van der Waals surface area contributed by atoms with Crippen molar-refractivity contribution in [3.63, 3.8) is 0 Å². The van der Waals surface area contributed by atoms with E-state index in [-0.39, 0.29) is 17.5 Å². The molecule has 0 spiro atoms. The van der Waals surface area contributed by atoms with E-state index in [1.807, 2.05) is 23.1 Å². The zero-order chi connectivity index (χ0) is 21.1. The number of nitro groups is 1. The first-order valence-corrected chi connectivity index (χ1v) is 10.5. The molecule has 7 heteroatoms. The van der Waals surface area contributed by atoms with Crippen LogP contribution in [0, 0.1) is 16.0 Å². The van der Waals surface area contributed by atoms with Gasteiger partial charge in [-0.3, -0.25) is 14.9 Å². The molecule has 0 N–H and O–H groups in total. The van der Waals surface area contributed by atoms with Crippen LogP contribution in [0.4, 0.5) is 5.69 Å². The van der Waals surface area contributed by atoms with Gasteiger partial charge in [0.05, 0.1) is 12.0 Å². The Labute approximate surface area is 176 Å². The molecule has 30 heavy (non-hydrogen) atoms. The van der Waals surface area contributed by atoms with Gasteiger partial charge in [-0.05, 0) is 55.6 Å². The average Bonchev–Trinajstić information content (AvgIpc) is 3.43. The SMILES string of the molecule is COc1ccccc1C1CN(C(=O)c2ccc([N+](=O)[O-])cc2)CC1CN1CCCC1. The second-order valence-electron chi connectivity index (χ2n) is 8.13. The number of amides is 1. The Kier molecular flexibility index (Phi) is 5.99. The van der Waals surface area contributed by atoms with Crippen molar-refractivity contribution < 1.29 is 14.5 Å². The van der Waals surface area contributed by atoms with Gasteiger partial charge in [0.2, 0.25) is 0 Å². The van der Waals surface area contributed by atoms with Crippen LogP contribution in [0.5, 0.6) is 5.75 Å². The summed E-state index contributed by atoms with van der Waals surface area (Å²) < 4.78 is 5.61. The Bertz CT molecular complexity index is 909. The molecule has 2 saturated heterocycles. The molecule has 2 fully saturated rings. The number of ether oxygens (including phenoxy) is 1. The second kappa shape index (κ2) is 8.83. The number of nitrogens with zero attached hydrogens (tertiary/aromatic N) is 3. The maximum absolute atomic E-state index is 13.2. The van der Waals surface area contributed by atoms with Crippen LogP contribution in [0.1, 0.15) is 34.7 Å². The van der Waals surface area contributed by atoms with Crippen molar-refractivity contribution in [2.75, 3.05) is 39.8 Å². The van der Waals surface area contributed by atoms with Crippen LogP contribution in [-0.4, -0.2) is 60.5 Å². The number of benzene rings is 2. The lowest BCUT2D eigenvalue weighted by Crippen LogP contribution is -2.32. The smallest absolute Gasteiger partial charge is 0.269 e. The number of rotatable bonds is 6. The van der Waals surface area contributed by atoms with Crippen molar-refractivity contribution >= 4 is 11.6 Å². The summed E-state index contributed by atoms with van der Waals surface area (Å²) in [4.78, 5) is 28.0. The van der Waals surface area contributed by atoms with Gasteiger partial charge in [-0.1, -0.05) is 18.2 Å². The van der Waals surface area contributed by atoms with Crippen LogP contribution in [0.3, 0.4) is 0 Å². The number of para-hydroxylation sites is 1. The lowest BCUT2D eigenvalue weighted by atomic mass is 9.88. The Hall–Kier alpha value is -2.93. The summed E-state index contributed by atoms with van der Waals surface area (Å²) in [7, 11) is 1.68. The first-order valence-electron chi connectivity index (χ1n) is 10.5. The average molecular weight is 409 g/mol. The quantitative estimate of drug-likeness (QED) is 0.539. The molecule has 2 heterocycles. The van der Waals surface area contributed by atoms with Crippen molar-refractivity contribution in [2.45, 2.75) is 18.8 Å². The number of carbonyl (C=O) groups is 1. The summed E-state index contributed by atoms with van der Waals surface area (Å²) in [6, 6.07) is 13.9. The highest BCUT2D eigenvalue weighted by molar-refractivity contribution is 5.94. The van der Waals surface area contributed by atoms with E-state index in [0.29, 0.717) is 24.6 Å². The lowest BCUT2D eigenvalue weighted by Gasteiger charge is -2.25. The second-order valence-corrected chi connectivity index (χ2v) is 8.13. The monoisotopic (exact) mass is 409 g/mol. The molecule has 2 aliphatic heterocycles. The molecule has 7 nitrogen and oxygen atoms in total. The van der Waals surface area contributed by atoms with Crippen LogP contribution in [-0.2, 0) is 0 Å². The molecule has 0 aliphatic carbocycles. The van der Waals surface area contributed by atoms with Crippen molar-refractivity contribution in [1.29, 1.82) is 0 Å². The number of nitro benzene ring substituents is 1. The number of carbonyl (C=O) groups excluding carboxylic acids is 1. The van der Waals surface area contributed by atoms with Crippen molar-refractivity contribution in [3.8, 4) is 5.75 Å². The maximum atomic E-state index is 13.2. The van der Waals surface area contributed by atoms with E-state index in [1.165, 1.54) is 25.0 Å². The Morgan fingerprint density at radius 3 is 2.47 bits per heavy atom. The number of hydrogen-bond acceptors (Lipinski definition) is 5. The first-order chi connectivity index (χ1) is 14.6. The molecule has 0 radical (unpaired) electrons. The van der Waals surface area contributed by atoms with E-state index in [0.717, 1.165) is 30.9 Å². The molecule has 158 valence electrons. The minimum absolute atomic E-state index is 0.00761. The fraction of sp³-hybridized carbons (Fsp3) is 0.435. The number of hydrogen-bond donors (Lipinski definition) is 0. The summed E-state index contributed by atoms with van der Waals surface area (Å²) in [5, 5.41) is 10.9. The highest BCUT2D eigenvalue weighted by atomic mass is 16.6. The molecule has 0 aromatic heterocycles. The maximum Gasteiger partial charge on any atom is 0.269 e. The minimum Gasteiger partial charge on any atom is -0.496 e. The molecule has 2 aromatic rings. The molecule has 2 atom stereocenters. The summed E-state index contributed by atoms with van der Waals surface area (Å²) >= 11 is 0. The van der Waals surface area contributed by atoms with Gasteiger partial charge in [-0.2, -0.15) is 0 Å². The van der Waals surface area contributed by atoms with E-state index in [4.69, 9.17) is 4.74 Å². The third-order valence-corrected chi connectivity index (χ3v) is 6.28. The van der Waals surface area contributed by atoms with Crippen LogP contribution in [0.25, 0.3) is 0 Å². The Balaban J connectivity index is 1.57. The van der Waals surface area contributed by atoms with E-state index < -0.39 is 4.92 Å². The largest absolute Gasteiger partial charge is 0.496 e. The fourth-order valence-corrected chi connectivity index (χ4v) is 4.75. The van der Waals surface area contributed by atoms with Gasteiger partial charge in [0.25, 0.3) is 11.6 Å². The normalized spacial score (nSPS) is 21.7. The number of non-ortho nitro benzene ring substituents is 1. The molecular formula is C23H27N3O4. The van der Waals surface area contributed by atoms with Crippen molar-refractivity contribution in [3.05, 3.63) is 69.8 Å². The summed E-state index contributed by atoms with van der Waals surface area (Å²) in [6.07, 6.45) is 2.47. The molecule has 0 saturated carbocycles. The predicted octanol–water partition coefficient (Wildman–Crippen LogP) is 3.56. The summed E-state index contributed by atoms with van der Waals surface area (Å²) in [6.45, 7) is 4.49. The molecule has 1 amide bonds. The Morgan fingerprint density at radius 1 is 1.10 bits per heavy atom. The standard InChI is InChI=1S/C23H27N3O4/c1-30-22-7-3-2-6-20(22)21-16-25(15-18(21)14-24-12-4-5-13-24)23(27)17-8-10-19(11-9-17)26(28)29/h2-3,6-11,18,21H,4-5,12-16H2,1H3. The molecule has 0 bridgehead atoms. The van der Waals surface area contributed by atoms with Gasteiger partial charge < -0.3 is 14.5 Å². The number of methoxy groups -OCH3 is 1. The highest BCUT2D eigenvalue weighted by Gasteiger charge is 2.38. The van der Waals surface area contributed by atoms with Crippen molar-refractivity contribution in [2.24, 2.45) is 5.92 Å². The van der Waals surface area contributed by atoms with E-state index >= 15 is 0 Å². The zero-order valence-electron chi connectivity index (χ0n) is 17.2. The van der Waals surface area contributed by atoms with Gasteiger partial charge in [0, 0.05) is 43.2 Å². The van der Waals surface area contributed by atoms with Crippen molar-refractivity contribution in [1.82, 2.24) is 9.80 Å². The molecule has 2 unspecified atom stereocenters. The van der Waals surface area contributed by atoms with E-state index in [2.05, 4.69) is 11.0 Å². The zero-order valence-corrected chi connectivity index (χ0v) is 17.2. The van der Waals surface area contributed by atoms with Gasteiger partial charge in [0.1, 0.15) is 5.75 Å². The van der Waals surface area contributed by atoms with Crippen LogP contribution < -0.4 is 4.74 Å². The van der Waals surface area contributed by atoms with Gasteiger partial charge in [-0.15, -0.1) is 0 Å². The van der Waals surface area contributed by atoms with Crippen LogP contribution in [0.15, 0.2) is 48.5 Å². The van der Waals surface area contributed by atoms with E-state index in [9.17, 15) is 14.9 Å². The third-order valence-electron chi connectivity index (χ3n) is 6.28. The number of likely N-dealkylation sites (tertiary alicyclic amines) is 2. The van der Waals surface area contributed by atoms with Crippen LogP contribution in [0.2, 0.25) is 0 Å². The molecule has 2 aliphatic rings. The topological polar surface area (TPSA) is 75.9 Å². The van der Waals surface area contributed by atoms with Gasteiger partial charge >= 0.3 is 0 Å². The Morgan fingerprint density at radius 2 is 1.80 bits per heavy atom. The minimum atomic E-state index is -0.450.